The Morgan fingerprint density at radius 2 is 1.92 bits per heavy atom. The lowest BCUT2D eigenvalue weighted by Gasteiger charge is -2.20. The van der Waals surface area contributed by atoms with Gasteiger partial charge < -0.3 is 10.2 Å². The highest BCUT2D eigenvalue weighted by atomic mass is 19.1. The number of hydrogen-bond acceptors (Lipinski definition) is 3. The zero-order valence-electron chi connectivity index (χ0n) is 14.2. The minimum absolute atomic E-state index is 0.165. The second-order valence-corrected chi connectivity index (χ2v) is 6.39. The molecule has 2 aromatic rings. The van der Waals surface area contributed by atoms with Gasteiger partial charge in [-0.25, -0.2) is 4.39 Å². The smallest absolute Gasteiger partial charge is 0.267 e. The molecule has 2 aromatic carbocycles. The average Bonchev–Trinajstić information content (AvgIpc) is 3.04. The van der Waals surface area contributed by atoms with Gasteiger partial charge in [0.05, 0.1) is 5.71 Å². The first-order chi connectivity index (χ1) is 12.1. The standard InChI is InChI=1S/C20H21FN2O2/c1-20(14-18(23-25-20)16-7-3-2-4-8-16)19(24)22-13-5-6-15-9-11-17(21)12-10-15/h2-4,7-12H,5-6,13-14H2,1H3,(H,22,24)/t20-/m1/s1. The zero-order valence-corrected chi connectivity index (χ0v) is 14.2. The van der Waals surface area contributed by atoms with E-state index < -0.39 is 5.60 Å². The molecular weight excluding hydrogens is 319 g/mol. The number of nitrogens with zero attached hydrogens (tertiary/aromatic N) is 1. The molecule has 4 nitrogen and oxygen atoms in total. The summed E-state index contributed by atoms with van der Waals surface area (Å²) in [4.78, 5) is 17.9. The summed E-state index contributed by atoms with van der Waals surface area (Å²) in [5, 5.41) is 6.99. The lowest BCUT2D eigenvalue weighted by Crippen LogP contribution is -2.45. The maximum atomic E-state index is 12.9. The minimum atomic E-state index is -0.971. The van der Waals surface area contributed by atoms with Gasteiger partial charge in [0.15, 0.2) is 0 Å². The predicted octanol–water partition coefficient (Wildman–Crippen LogP) is 3.46. The highest BCUT2D eigenvalue weighted by Gasteiger charge is 2.41. The molecule has 1 amide bonds. The molecule has 0 aliphatic carbocycles. The Morgan fingerprint density at radius 3 is 2.64 bits per heavy atom. The Hall–Kier alpha value is -2.69. The Bertz CT molecular complexity index is 759. The molecule has 1 aliphatic heterocycles. The normalized spacial score (nSPS) is 19.2. The summed E-state index contributed by atoms with van der Waals surface area (Å²) in [6.45, 7) is 2.29. The van der Waals surface area contributed by atoms with Gasteiger partial charge in [-0.05, 0) is 43.0 Å². The van der Waals surface area contributed by atoms with Crippen molar-refractivity contribution in [1.82, 2.24) is 5.32 Å². The molecule has 0 aromatic heterocycles. The predicted molar refractivity (Wildman–Crippen MR) is 94.8 cm³/mol. The number of rotatable bonds is 6. The first-order valence-corrected chi connectivity index (χ1v) is 8.40. The van der Waals surface area contributed by atoms with E-state index in [0.717, 1.165) is 29.7 Å². The number of carbonyl (C=O) groups excluding carboxylic acids is 1. The number of nitrogens with one attached hydrogen (secondary N) is 1. The van der Waals surface area contributed by atoms with E-state index in [-0.39, 0.29) is 11.7 Å². The second kappa shape index (κ2) is 7.47. The van der Waals surface area contributed by atoms with Crippen LogP contribution in [0.5, 0.6) is 0 Å². The van der Waals surface area contributed by atoms with Crippen molar-refractivity contribution in [1.29, 1.82) is 0 Å². The number of benzene rings is 2. The second-order valence-electron chi connectivity index (χ2n) is 6.39. The topological polar surface area (TPSA) is 50.7 Å². The quantitative estimate of drug-likeness (QED) is 0.819. The molecule has 3 rings (SSSR count). The fourth-order valence-corrected chi connectivity index (χ4v) is 2.78. The van der Waals surface area contributed by atoms with E-state index in [0.29, 0.717) is 13.0 Å². The number of carbonyl (C=O) groups is 1. The van der Waals surface area contributed by atoms with Crippen LogP contribution in [0, 0.1) is 5.82 Å². The Labute approximate surface area is 146 Å². The molecule has 5 heteroatoms. The Morgan fingerprint density at radius 1 is 1.20 bits per heavy atom. The molecule has 1 heterocycles. The molecular formula is C20H21FN2O2. The fourth-order valence-electron chi connectivity index (χ4n) is 2.78. The van der Waals surface area contributed by atoms with Gasteiger partial charge in [0, 0.05) is 13.0 Å². The third kappa shape index (κ3) is 4.24. The summed E-state index contributed by atoms with van der Waals surface area (Å²) >= 11 is 0. The highest BCUT2D eigenvalue weighted by Crippen LogP contribution is 2.26. The van der Waals surface area contributed by atoms with Gasteiger partial charge in [0.1, 0.15) is 5.82 Å². The van der Waals surface area contributed by atoms with Crippen molar-refractivity contribution in [3.05, 3.63) is 71.5 Å². The molecule has 130 valence electrons. The number of halogens is 1. The summed E-state index contributed by atoms with van der Waals surface area (Å²) in [6, 6.07) is 16.1. The van der Waals surface area contributed by atoms with Crippen molar-refractivity contribution in [3.8, 4) is 0 Å². The first-order valence-electron chi connectivity index (χ1n) is 8.40. The molecule has 1 atom stereocenters. The number of hydrogen-bond donors (Lipinski definition) is 1. The summed E-state index contributed by atoms with van der Waals surface area (Å²) in [5.74, 6) is -0.404. The summed E-state index contributed by atoms with van der Waals surface area (Å²) in [7, 11) is 0. The summed E-state index contributed by atoms with van der Waals surface area (Å²) in [6.07, 6.45) is 2.00. The molecule has 0 fully saturated rings. The van der Waals surface area contributed by atoms with E-state index in [1.165, 1.54) is 12.1 Å². The third-order valence-electron chi connectivity index (χ3n) is 4.29. The fraction of sp³-hybridized carbons (Fsp3) is 0.300. The molecule has 25 heavy (non-hydrogen) atoms. The van der Waals surface area contributed by atoms with E-state index >= 15 is 0 Å². The number of aryl methyl sites for hydroxylation is 1. The van der Waals surface area contributed by atoms with E-state index in [2.05, 4.69) is 10.5 Å². The van der Waals surface area contributed by atoms with Gasteiger partial charge in [-0.15, -0.1) is 0 Å². The van der Waals surface area contributed by atoms with Gasteiger partial charge in [0.2, 0.25) is 5.60 Å². The van der Waals surface area contributed by atoms with Gasteiger partial charge in [0.25, 0.3) is 5.91 Å². The summed E-state index contributed by atoms with van der Waals surface area (Å²) in [5.41, 5.74) is 1.83. The van der Waals surface area contributed by atoms with Gasteiger partial charge >= 0.3 is 0 Å². The molecule has 0 unspecified atom stereocenters. The lowest BCUT2D eigenvalue weighted by atomic mass is 9.95. The minimum Gasteiger partial charge on any atom is -0.379 e. The number of oxime groups is 1. The molecule has 0 bridgehead atoms. The largest absolute Gasteiger partial charge is 0.379 e. The van der Waals surface area contributed by atoms with Crippen molar-refractivity contribution in [2.75, 3.05) is 6.54 Å². The lowest BCUT2D eigenvalue weighted by molar-refractivity contribution is -0.141. The zero-order chi connectivity index (χ0) is 17.7. The van der Waals surface area contributed by atoms with Crippen LogP contribution in [0.15, 0.2) is 59.8 Å². The van der Waals surface area contributed by atoms with Crippen LogP contribution in [0.1, 0.15) is 30.9 Å². The van der Waals surface area contributed by atoms with Crippen LogP contribution >= 0.6 is 0 Å². The first kappa shape index (κ1) is 17.1. The molecule has 1 N–H and O–H groups in total. The van der Waals surface area contributed by atoms with Crippen LogP contribution in [0.3, 0.4) is 0 Å². The van der Waals surface area contributed by atoms with Crippen LogP contribution in [-0.2, 0) is 16.1 Å². The van der Waals surface area contributed by atoms with E-state index in [1.807, 2.05) is 30.3 Å². The van der Waals surface area contributed by atoms with Crippen LogP contribution in [0.25, 0.3) is 0 Å². The SMILES string of the molecule is C[C@]1(C(=O)NCCCc2ccc(F)cc2)CC(c2ccccc2)=NO1. The van der Waals surface area contributed by atoms with E-state index in [1.54, 1.807) is 19.1 Å². The maximum absolute atomic E-state index is 12.9. The van der Waals surface area contributed by atoms with Crippen LogP contribution in [0.4, 0.5) is 4.39 Å². The van der Waals surface area contributed by atoms with Crippen LogP contribution in [0.2, 0.25) is 0 Å². The molecule has 1 aliphatic rings. The summed E-state index contributed by atoms with van der Waals surface area (Å²) < 4.78 is 12.9. The van der Waals surface area contributed by atoms with Crippen molar-refractivity contribution in [2.45, 2.75) is 31.8 Å². The van der Waals surface area contributed by atoms with Crippen molar-refractivity contribution >= 4 is 11.6 Å². The van der Waals surface area contributed by atoms with Crippen molar-refractivity contribution in [3.63, 3.8) is 0 Å². The molecule has 0 spiro atoms. The van der Waals surface area contributed by atoms with E-state index in [4.69, 9.17) is 4.84 Å². The Kier molecular flexibility index (Phi) is 5.12. The van der Waals surface area contributed by atoms with Crippen molar-refractivity contribution in [2.24, 2.45) is 5.16 Å². The monoisotopic (exact) mass is 340 g/mol. The molecule has 0 saturated heterocycles. The molecule has 0 saturated carbocycles. The maximum Gasteiger partial charge on any atom is 0.267 e. The number of amides is 1. The van der Waals surface area contributed by atoms with Crippen LogP contribution in [-0.4, -0.2) is 23.8 Å². The van der Waals surface area contributed by atoms with Crippen LogP contribution < -0.4 is 5.32 Å². The molecule has 0 radical (unpaired) electrons. The van der Waals surface area contributed by atoms with E-state index in [9.17, 15) is 9.18 Å². The van der Waals surface area contributed by atoms with Gasteiger partial charge in [-0.1, -0.05) is 47.6 Å². The van der Waals surface area contributed by atoms with Gasteiger partial charge in [-0.2, -0.15) is 0 Å². The highest BCUT2D eigenvalue weighted by molar-refractivity contribution is 6.05. The average molecular weight is 340 g/mol. The Balaban J connectivity index is 1.46. The van der Waals surface area contributed by atoms with Crippen molar-refractivity contribution < 1.29 is 14.0 Å². The third-order valence-corrected chi connectivity index (χ3v) is 4.29. The van der Waals surface area contributed by atoms with Gasteiger partial charge in [-0.3, -0.25) is 4.79 Å².